The second-order valence-corrected chi connectivity index (χ2v) is 36.0. The number of hydrogen-bond acceptors (Lipinski definition) is 1. The molecule has 1 nitrogen and oxygen atoms in total. The van der Waals surface area contributed by atoms with E-state index in [-0.39, 0.29) is 0 Å². The molecule has 0 saturated carbocycles. The summed E-state index contributed by atoms with van der Waals surface area (Å²) in [7, 11) is 0. The van der Waals surface area contributed by atoms with E-state index in [9.17, 15) is 0 Å². The summed E-state index contributed by atoms with van der Waals surface area (Å²) < 4.78 is 13.0. The fourth-order valence-corrected chi connectivity index (χ4v) is 62.1. The van der Waals surface area contributed by atoms with Gasteiger partial charge in [0, 0.05) is 0 Å². The number of nitrogens with zero attached hydrogens (tertiary/aromatic N) is 1. The van der Waals surface area contributed by atoms with Gasteiger partial charge < -0.3 is 0 Å². The van der Waals surface area contributed by atoms with Crippen LogP contribution in [0.5, 0.6) is 0 Å². The maximum atomic E-state index is 5.45. The standard InChI is InChI=1S/C15H6N.7Ra.7H/c1-10-7-13-9-12-5-3-4-6-14(12)16-15(13)8-11(10)2;;;;;;;;;;;;;;/h1-2H3;;;;;;;;;;;;;;. The third-order valence-electron chi connectivity index (χ3n) is 6.28. The molecule has 3 rings (SSSR count). The average molecular weight is 1790 g/mol. The van der Waals surface area contributed by atoms with Crippen molar-refractivity contribution < 1.29 is 300 Å². The number of pyridine rings is 1. The molecular weight excluding hydrogens is 1780 g/mol. The molecule has 0 fully saturated rings. The van der Waals surface area contributed by atoms with Crippen molar-refractivity contribution in [1.29, 1.82) is 0 Å². The molecule has 0 aliphatic rings. The molecule has 0 amide bonds. The van der Waals surface area contributed by atoms with Crippen LogP contribution < -0.4 is 4.23 Å². The Labute approximate surface area is 342 Å². The van der Waals surface area contributed by atoms with Crippen LogP contribution >= 0.6 is 0 Å². The molecule has 92 valence electrons. The Balaban J connectivity index is 2.73. The van der Waals surface area contributed by atoms with Crippen molar-refractivity contribution in [3.8, 4) is 0 Å². The van der Waals surface area contributed by atoms with E-state index in [1.165, 1.54) is 5.52 Å². The number of fused-ring (bicyclic) bond motifs is 2. The Morgan fingerprint density at radius 3 is 1.52 bits per heavy atom. The third kappa shape index (κ3) is 5.23. The third-order valence-corrected chi connectivity index (χ3v) is 93.7. The van der Waals surface area contributed by atoms with Crippen molar-refractivity contribution in [3.63, 3.8) is 0 Å². The number of rotatable bonds is 0. The van der Waals surface area contributed by atoms with Crippen LogP contribution in [-0.4, -0.2) is 4.98 Å². The van der Waals surface area contributed by atoms with Gasteiger partial charge in [-0.3, -0.25) is 0 Å². The van der Waals surface area contributed by atoms with E-state index in [0.29, 0.717) is 300 Å². The molecule has 0 aliphatic carbocycles. The molecule has 0 saturated heterocycles. The van der Waals surface area contributed by atoms with Crippen LogP contribution in [0, 0.1) is 313 Å². The van der Waals surface area contributed by atoms with Gasteiger partial charge in [0.25, 0.3) is 0 Å². The Hall–Kier alpha value is 8.38. The molecule has 0 unspecified atom stereocenters. The summed E-state index contributed by atoms with van der Waals surface area (Å²) in [6, 6.07) is 0. The number of hydrogen-bond donors (Lipinski definition) is 0. The molecule has 2 aromatic carbocycles. The normalized spacial score (nSPS) is 11.1. The van der Waals surface area contributed by atoms with Crippen molar-refractivity contribution in [2.75, 3.05) is 0 Å². The van der Waals surface area contributed by atoms with E-state index in [1.54, 1.807) is 28.6 Å². The monoisotopic (exact) mass is 1790 g/mol. The Morgan fingerprint density at radius 1 is 0.478 bits per heavy atom. The van der Waals surface area contributed by atoms with Gasteiger partial charge in [0.05, 0.1) is 0 Å². The SMILES string of the molecule is Cc1c(C)[c]([RaH])c2[c]([RaH])c3[c]([RaH])[c]([RaH])[c]([RaH])[c]([RaH])c3nc2[c]1[RaH]. The summed E-state index contributed by atoms with van der Waals surface area (Å²) in [5.41, 5.74) is 6.33. The summed E-state index contributed by atoms with van der Waals surface area (Å²) in [6.45, 7) is 4.78. The van der Waals surface area contributed by atoms with Gasteiger partial charge in [-0.05, 0) is 0 Å². The van der Waals surface area contributed by atoms with Crippen LogP contribution in [0.15, 0.2) is 0 Å². The fourth-order valence-electron chi connectivity index (χ4n) is 4.02. The molecular formula is C15H13NRa7. The van der Waals surface area contributed by atoms with Crippen LogP contribution in [0.2, 0.25) is 0 Å². The van der Waals surface area contributed by atoms with Crippen molar-refractivity contribution in [2.24, 2.45) is 0 Å². The van der Waals surface area contributed by atoms with Crippen LogP contribution in [0.25, 0.3) is 21.8 Å². The quantitative estimate of drug-likeness (QED) is 0.212. The Kier molecular flexibility index (Phi) is 12.7. The van der Waals surface area contributed by atoms with Gasteiger partial charge in [0.15, 0.2) is 0 Å². The molecule has 1 aromatic heterocycles. The van der Waals surface area contributed by atoms with E-state index in [4.69, 9.17) is 4.98 Å². The van der Waals surface area contributed by atoms with Gasteiger partial charge in [-0.25, -0.2) is 0 Å². The topological polar surface area (TPSA) is 12.9 Å². The van der Waals surface area contributed by atoms with E-state index >= 15 is 0 Å². The molecule has 0 bridgehead atoms. The van der Waals surface area contributed by atoms with Gasteiger partial charge in [0.1, 0.15) is 0 Å². The zero-order valence-corrected chi connectivity index (χ0v) is 73.5. The minimum atomic E-state index is 0.382. The molecule has 8 heteroatoms. The first-order valence-corrected chi connectivity index (χ1v) is 37.2. The summed E-state index contributed by atoms with van der Waals surface area (Å²) in [5.74, 6) is 0. The average Bonchev–Trinajstić information content (AvgIpc) is 2.53. The van der Waals surface area contributed by atoms with E-state index in [0.717, 1.165) is 0 Å². The summed E-state index contributed by atoms with van der Waals surface area (Å²) in [6.07, 6.45) is 0. The molecule has 0 N–H and O–H groups in total. The first-order chi connectivity index (χ1) is 10.7. The zero-order chi connectivity index (χ0) is 17.2. The zero-order valence-electron chi connectivity index (χ0n) is 15.9. The molecule has 0 radical (unpaired) electrons. The molecule has 0 aliphatic heterocycles. The maximum absolute atomic E-state index is 5.45. The fraction of sp³-hybridized carbons (Fsp3) is 0.133. The molecule has 3 aromatic rings. The van der Waals surface area contributed by atoms with Gasteiger partial charge in [0.2, 0.25) is 0 Å². The first kappa shape index (κ1) is 26.0. The van der Waals surface area contributed by atoms with Crippen molar-refractivity contribution in [1.82, 2.24) is 4.98 Å². The predicted octanol–water partition coefficient (Wildman–Crippen LogP) is -3.65. The van der Waals surface area contributed by atoms with Crippen molar-refractivity contribution in [2.45, 2.75) is 13.8 Å². The van der Waals surface area contributed by atoms with Crippen LogP contribution in [0.3, 0.4) is 0 Å². The summed E-state index contributed by atoms with van der Waals surface area (Å²) in [4.78, 5) is 5.45. The van der Waals surface area contributed by atoms with Gasteiger partial charge >= 0.3 is 356 Å². The summed E-state index contributed by atoms with van der Waals surface area (Å²) in [5, 5.41) is 3.49. The second kappa shape index (κ2) is 11.2. The molecule has 0 atom stereocenters. The van der Waals surface area contributed by atoms with Gasteiger partial charge in [-0.15, -0.1) is 0 Å². The molecule has 23 heavy (non-hydrogen) atoms. The summed E-state index contributed by atoms with van der Waals surface area (Å²) >= 11 is 3.21. The first-order valence-electron chi connectivity index (χ1n) is 8.45. The van der Waals surface area contributed by atoms with Gasteiger partial charge in [-0.1, -0.05) is 0 Å². The van der Waals surface area contributed by atoms with E-state index < -0.39 is 0 Å². The predicted molar refractivity (Wildman–Crippen MR) is 75.9 cm³/mol. The molecule has 0 spiro atoms. The van der Waals surface area contributed by atoms with Crippen LogP contribution in [0.4, 0.5) is 0 Å². The van der Waals surface area contributed by atoms with E-state index in [2.05, 4.69) is 13.8 Å². The van der Waals surface area contributed by atoms with Crippen molar-refractivity contribution in [3.05, 3.63) is 11.1 Å². The van der Waals surface area contributed by atoms with Crippen molar-refractivity contribution >= 4 is 26.0 Å². The number of benzene rings is 2. The van der Waals surface area contributed by atoms with Crippen LogP contribution in [0.1, 0.15) is 11.1 Å². The number of aromatic nitrogens is 1. The minimum absolute atomic E-state index is 0.382. The van der Waals surface area contributed by atoms with E-state index in [1.807, 2.05) is 3.02 Å². The van der Waals surface area contributed by atoms with Crippen LogP contribution in [-0.2, 0) is 0 Å². The molecule has 1 heterocycles. The van der Waals surface area contributed by atoms with Gasteiger partial charge in [-0.2, -0.15) is 0 Å². The Bertz CT molecular complexity index is 933. The Morgan fingerprint density at radius 2 is 0.913 bits per heavy atom. The second-order valence-electron chi connectivity index (χ2n) is 7.18.